The second kappa shape index (κ2) is 3.20. The number of nitrogens with zero attached hydrogens (tertiary/aromatic N) is 2. The number of nitrogens with one attached hydrogen (secondary N) is 1. The molecule has 1 aromatic heterocycles. The molecule has 0 saturated heterocycles. The average molecular weight is 178 g/mol. The van der Waals surface area contributed by atoms with E-state index in [4.69, 9.17) is 5.73 Å². The van der Waals surface area contributed by atoms with E-state index in [2.05, 4.69) is 15.3 Å². The molecule has 0 radical (unpaired) electrons. The molecule has 3 N–H and O–H groups in total. The number of hydrogen-bond donors (Lipinski definition) is 2. The lowest BCUT2D eigenvalue weighted by Gasteiger charge is -2.27. The van der Waals surface area contributed by atoms with Crippen LogP contribution in [-0.4, -0.2) is 16.0 Å². The maximum absolute atomic E-state index is 5.50. The third-order valence-electron chi connectivity index (χ3n) is 2.44. The summed E-state index contributed by atoms with van der Waals surface area (Å²) in [5.74, 6) is 1.23. The van der Waals surface area contributed by atoms with Crippen molar-refractivity contribution in [1.29, 1.82) is 0 Å². The normalized spacial score (nSPS) is 16.7. The Morgan fingerprint density at radius 3 is 2.92 bits per heavy atom. The number of aryl methyl sites for hydroxylation is 1. The lowest BCUT2D eigenvalue weighted by Crippen LogP contribution is -2.28. The van der Waals surface area contributed by atoms with Gasteiger partial charge in [0.15, 0.2) is 0 Å². The fourth-order valence-corrected chi connectivity index (χ4v) is 1.35. The lowest BCUT2D eigenvalue weighted by atomic mass is 9.93. The molecular formula is C9H14N4. The van der Waals surface area contributed by atoms with Crippen molar-refractivity contribution in [2.45, 2.75) is 32.2 Å². The SMILES string of the molecule is Cc1cnc(N)nc1NC1CCC1. The molecule has 1 saturated carbocycles. The number of aromatic nitrogens is 2. The summed E-state index contributed by atoms with van der Waals surface area (Å²) in [5, 5.41) is 3.36. The zero-order valence-electron chi connectivity index (χ0n) is 7.75. The Balaban J connectivity index is 2.13. The molecule has 70 valence electrons. The third kappa shape index (κ3) is 1.71. The smallest absolute Gasteiger partial charge is 0.221 e. The third-order valence-corrected chi connectivity index (χ3v) is 2.44. The minimum absolute atomic E-state index is 0.340. The summed E-state index contributed by atoms with van der Waals surface area (Å²) in [5.41, 5.74) is 6.56. The molecule has 0 aromatic carbocycles. The van der Waals surface area contributed by atoms with Crippen LogP contribution in [0, 0.1) is 6.92 Å². The molecule has 2 rings (SSSR count). The van der Waals surface area contributed by atoms with E-state index in [1.165, 1.54) is 19.3 Å². The Kier molecular flexibility index (Phi) is 2.04. The van der Waals surface area contributed by atoms with E-state index >= 15 is 0 Å². The molecule has 0 unspecified atom stereocenters. The summed E-state index contributed by atoms with van der Waals surface area (Å²) >= 11 is 0. The van der Waals surface area contributed by atoms with Crippen molar-refractivity contribution in [3.05, 3.63) is 11.8 Å². The van der Waals surface area contributed by atoms with E-state index in [9.17, 15) is 0 Å². The lowest BCUT2D eigenvalue weighted by molar-refractivity contribution is 0.444. The van der Waals surface area contributed by atoms with Crippen molar-refractivity contribution < 1.29 is 0 Å². The second-order valence-electron chi connectivity index (χ2n) is 3.53. The monoisotopic (exact) mass is 178 g/mol. The summed E-state index contributed by atoms with van der Waals surface area (Å²) in [7, 11) is 0. The number of hydrogen-bond acceptors (Lipinski definition) is 4. The van der Waals surface area contributed by atoms with Gasteiger partial charge >= 0.3 is 0 Å². The Morgan fingerprint density at radius 1 is 1.54 bits per heavy atom. The summed E-state index contributed by atoms with van der Waals surface area (Å²) in [6.07, 6.45) is 5.55. The van der Waals surface area contributed by atoms with Crippen LogP contribution in [0.15, 0.2) is 6.20 Å². The largest absolute Gasteiger partial charge is 0.368 e. The quantitative estimate of drug-likeness (QED) is 0.717. The van der Waals surface area contributed by atoms with Gasteiger partial charge in [-0.05, 0) is 26.2 Å². The summed E-state index contributed by atoms with van der Waals surface area (Å²) < 4.78 is 0. The average Bonchev–Trinajstić information content (AvgIpc) is 2.03. The molecule has 0 aliphatic heterocycles. The number of nitrogen functional groups attached to an aromatic ring is 1. The summed E-state index contributed by atoms with van der Waals surface area (Å²) in [4.78, 5) is 8.07. The minimum atomic E-state index is 0.340. The molecule has 4 heteroatoms. The van der Waals surface area contributed by atoms with Gasteiger partial charge in [0.2, 0.25) is 5.95 Å². The first-order valence-corrected chi connectivity index (χ1v) is 4.61. The predicted octanol–water partition coefficient (Wildman–Crippen LogP) is 1.33. The summed E-state index contributed by atoms with van der Waals surface area (Å²) in [6.45, 7) is 1.99. The maximum Gasteiger partial charge on any atom is 0.221 e. The number of nitrogens with two attached hydrogens (primary N) is 1. The first-order valence-electron chi connectivity index (χ1n) is 4.61. The molecular weight excluding hydrogens is 164 g/mol. The molecule has 1 aliphatic rings. The molecule has 0 atom stereocenters. The zero-order chi connectivity index (χ0) is 9.26. The van der Waals surface area contributed by atoms with Crippen molar-refractivity contribution in [1.82, 2.24) is 9.97 Å². The molecule has 1 aliphatic carbocycles. The van der Waals surface area contributed by atoms with Crippen LogP contribution in [0.1, 0.15) is 24.8 Å². The molecule has 1 aromatic rings. The van der Waals surface area contributed by atoms with Crippen molar-refractivity contribution in [3.63, 3.8) is 0 Å². The fourth-order valence-electron chi connectivity index (χ4n) is 1.35. The van der Waals surface area contributed by atoms with Gasteiger partial charge in [-0.15, -0.1) is 0 Å². The van der Waals surface area contributed by atoms with E-state index in [-0.39, 0.29) is 0 Å². The predicted molar refractivity (Wildman–Crippen MR) is 52.4 cm³/mol. The zero-order valence-corrected chi connectivity index (χ0v) is 7.75. The topological polar surface area (TPSA) is 63.8 Å². The Morgan fingerprint density at radius 2 is 2.31 bits per heavy atom. The van der Waals surface area contributed by atoms with Crippen molar-refractivity contribution in [2.75, 3.05) is 11.1 Å². The van der Waals surface area contributed by atoms with Gasteiger partial charge in [-0.25, -0.2) is 4.98 Å². The van der Waals surface area contributed by atoms with Gasteiger partial charge in [-0.1, -0.05) is 0 Å². The van der Waals surface area contributed by atoms with Crippen LogP contribution in [0.3, 0.4) is 0 Å². The van der Waals surface area contributed by atoms with E-state index < -0.39 is 0 Å². The van der Waals surface area contributed by atoms with Crippen LogP contribution in [0.4, 0.5) is 11.8 Å². The van der Waals surface area contributed by atoms with E-state index in [1.807, 2.05) is 6.92 Å². The highest BCUT2D eigenvalue weighted by molar-refractivity contribution is 5.46. The molecule has 1 heterocycles. The van der Waals surface area contributed by atoms with Crippen LogP contribution in [0.5, 0.6) is 0 Å². The Hall–Kier alpha value is -1.32. The highest BCUT2D eigenvalue weighted by atomic mass is 15.1. The van der Waals surface area contributed by atoms with Gasteiger partial charge in [-0.2, -0.15) is 4.98 Å². The van der Waals surface area contributed by atoms with Crippen LogP contribution in [0.25, 0.3) is 0 Å². The standard InChI is InChI=1S/C9H14N4/c1-6-5-11-9(10)13-8(6)12-7-3-2-4-7/h5,7H,2-4H2,1H3,(H3,10,11,12,13). The number of anilines is 2. The highest BCUT2D eigenvalue weighted by Crippen LogP contribution is 2.23. The van der Waals surface area contributed by atoms with Crippen molar-refractivity contribution in [2.24, 2.45) is 0 Å². The molecule has 4 nitrogen and oxygen atoms in total. The Labute approximate surface area is 77.6 Å². The first-order chi connectivity index (χ1) is 6.25. The van der Waals surface area contributed by atoms with E-state index in [0.29, 0.717) is 12.0 Å². The molecule has 0 spiro atoms. The van der Waals surface area contributed by atoms with Crippen LogP contribution in [0.2, 0.25) is 0 Å². The number of rotatable bonds is 2. The summed E-state index contributed by atoms with van der Waals surface area (Å²) in [6, 6.07) is 0.591. The van der Waals surface area contributed by atoms with Gasteiger partial charge in [-0.3, -0.25) is 0 Å². The van der Waals surface area contributed by atoms with Crippen molar-refractivity contribution in [3.8, 4) is 0 Å². The van der Waals surface area contributed by atoms with Gasteiger partial charge in [0, 0.05) is 17.8 Å². The molecule has 0 bridgehead atoms. The van der Waals surface area contributed by atoms with E-state index in [0.717, 1.165) is 11.4 Å². The van der Waals surface area contributed by atoms with Crippen LogP contribution in [-0.2, 0) is 0 Å². The fraction of sp³-hybridized carbons (Fsp3) is 0.556. The first kappa shape index (κ1) is 8.29. The second-order valence-corrected chi connectivity index (χ2v) is 3.53. The van der Waals surface area contributed by atoms with Gasteiger partial charge in [0.25, 0.3) is 0 Å². The van der Waals surface area contributed by atoms with Gasteiger partial charge in [0.1, 0.15) is 5.82 Å². The molecule has 1 fully saturated rings. The van der Waals surface area contributed by atoms with Gasteiger partial charge < -0.3 is 11.1 Å². The molecule has 0 amide bonds. The highest BCUT2D eigenvalue weighted by Gasteiger charge is 2.18. The minimum Gasteiger partial charge on any atom is -0.368 e. The van der Waals surface area contributed by atoms with Crippen LogP contribution >= 0.6 is 0 Å². The van der Waals surface area contributed by atoms with Gasteiger partial charge in [0.05, 0.1) is 0 Å². The van der Waals surface area contributed by atoms with E-state index in [1.54, 1.807) is 6.20 Å². The van der Waals surface area contributed by atoms with Crippen molar-refractivity contribution >= 4 is 11.8 Å². The maximum atomic E-state index is 5.50. The molecule has 13 heavy (non-hydrogen) atoms. The van der Waals surface area contributed by atoms with Crippen LogP contribution < -0.4 is 11.1 Å². The Bertz CT molecular complexity index is 306.